The Morgan fingerprint density at radius 3 is 2.15 bits per heavy atom. The molecule has 1 unspecified atom stereocenters. The minimum Gasteiger partial charge on any atom is -0.373 e. The summed E-state index contributed by atoms with van der Waals surface area (Å²) in [6.45, 7) is 0. The largest absolute Gasteiger partial charge is 0.373 e. The van der Waals surface area contributed by atoms with Gasteiger partial charge in [0.1, 0.15) is 6.04 Å². The van der Waals surface area contributed by atoms with Crippen LogP contribution < -0.4 is 10.6 Å². The molecule has 2 N–H and O–H groups in total. The van der Waals surface area contributed by atoms with Crippen molar-refractivity contribution in [2.75, 3.05) is 10.6 Å². The molecule has 3 aromatic carbocycles. The van der Waals surface area contributed by atoms with Crippen molar-refractivity contribution in [2.45, 2.75) is 12.5 Å². The molecule has 26 heavy (non-hydrogen) atoms. The SMILES string of the molecule is O=C1Nc2ccccc2-c2ccccc2NC1C/C=C/c1ccccc1. The Hall–Kier alpha value is -3.33. The van der Waals surface area contributed by atoms with E-state index in [0.717, 1.165) is 28.1 Å². The standard InChI is InChI=1S/C23H20N2O/c26-23-22(16-8-11-17-9-2-1-3-10-17)24-20-14-6-4-12-18(20)19-13-5-7-15-21(19)25-23/h1-15,22,24H,16H2,(H,25,26)/b11-8+. The Balaban J connectivity index is 1.63. The Kier molecular flexibility index (Phi) is 4.52. The van der Waals surface area contributed by atoms with Crippen LogP contribution >= 0.6 is 0 Å². The van der Waals surface area contributed by atoms with Gasteiger partial charge in [-0.3, -0.25) is 4.79 Å². The van der Waals surface area contributed by atoms with E-state index in [4.69, 9.17) is 0 Å². The van der Waals surface area contributed by atoms with Crippen LogP contribution in [0.15, 0.2) is 84.9 Å². The van der Waals surface area contributed by atoms with E-state index in [0.29, 0.717) is 6.42 Å². The summed E-state index contributed by atoms with van der Waals surface area (Å²) in [5.41, 5.74) is 5.09. The van der Waals surface area contributed by atoms with Gasteiger partial charge < -0.3 is 10.6 Å². The molecule has 1 aliphatic rings. The number of benzene rings is 3. The van der Waals surface area contributed by atoms with Crippen molar-refractivity contribution < 1.29 is 4.79 Å². The predicted molar refractivity (Wildman–Crippen MR) is 108 cm³/mol. The molecule has 0 saturated carbocycles. The van der Waals surface area contributed by atoms with E-state index in [1.165, 1.54) is 0 Å². The van der Waals surface area contributed by atoms with Crippen LogP contribution in [0.2, 0.25) is 0 Å². The van der Waals surface area contributed by atoms with Crippen molar-refractivity contribution in [1.82, 2.24) is 0 Å². The van der Waals surface area contributed by atoms with Crippen molar-refractivity contribution in [3.05, 3.63) is 90.5 Å². The van der Waals surface area contributed by atoms with E-state index < -0.39 is 0 Å². The van der Waals surface area contributed by atoms with Crippen molar-refractivity contribution in [3.8, 4) is 11.1 Å². The molecule has 0 aliphatic carbocycles. The minimum absolute atomic E-state index is 0.0235. The number of amides is 1. The maximum atomic E-state index is 12.8. The first kappa shape index (κ1) is 16.2. The Bertz CT molecular complexity index is 947. The third-order valence-corrected chi connectivity index (χ3v) is 4.53. The number of para-hydroxylation sites is 2. The average Bonchev–Trinajstić information content (AvgIpc) is 2.68. The van der Waals surface area contributed by atoms with Gasteiger partial charge in [-0.15, -0.1) is 0 Å². The zero-order valence-corrected chi connectivity index (χ0v) is 14.4. The first-order valence-corrected chi connectivity index (χ1v) is 8.79. The Morgan fingerprint density at radius 2 is 1.38 bits per heavy atom. The van der Waals surface area contributed by atoms with Crippen molar-refractivity contribution in [2.24, 2.45) is 0 Å². The highest BCUT2D eigenvalue weighted by atomic mass is 16.2. The van der Waals surface area contributed by atoms with Crippen LogP contribution in [0.25, 0.3) is 17.2 Å². The van der Waals surface area contributed by atoms with Crippen molar-refractivity contribution in [1.29, 1.82) is 0 Å². The lowest BCUT2D eigenvalue weighted by molar-refractivity contribution is -0.116. The van der Waals surface area contributed by atoms with Crippen LogP contribution in [0, 0.1) is 0 Å². The molecule has 0 radical (unpaired) electrons. The molecule has 1 heterocycles. The third-order valence-electron chi connectivity index (χ3n) is 4.53. The van der Waals surface area contributed by atoms with Gasteiger partial charge in [0.2, 0.25) is 5.91 Å². The first-order valence-electron chi connectivity index (χ1n) is 8.79. The second kappa shape index (κ2) is 7.28. The molecule has 3 nitrogen and oxygen atoms in total. The highest BCUT2D eigenvalue weighted by Gasteiger charge is 2.23. The molecule has 4 rings (SSSR count). The molecular weight excluding hydrogens is 320 g/mol. The van der Waals surface area contributed by atoms with Crippen molar-refractivity contribution in [3.63, 3.8) is 0 Å². The maximum absolute atomic E-state index is 12.8. The first-order chi connectivity index (χ1) is 12.8. The summed E-state index contributed by atoms with van der Waals surface area (Å²) in [4.78, 5) is 12.8. The fourth-order valence-corrected chi connectivity index (χ4v) is 3.21. The van der Waals surface area contributed by atoms with Gasteiger partial charge >= 0.3 is 0 Å². The lowest BCUT2D eigenvalue weighted by Crippen LogP contribution is -2.35. The molecule has 0 bridgehead atoms. The second-order valence-electron chi connectivity index (χ2n) is 6.33. The van der Waals surface area contributed by atoms with Crippen molar-refractivity contribution >= 4 is 23.4 Å². The molecular formula is C23H20N2O. The highest BCUT2D eigenvalue weighted by Crippen LogP contribution is 2.35. The predicted octanol–water partition coefficient (Wildman–Crippen LogP) is 5.19. The molecule has 0 saturated heterocycles. The monoisotopic (exact) mass is 340 g/mol. The van der Waals surface area contributed by atoms with E-state index in [1.54, 1.807) is 0 Å². The van der Waals surface area contributed by atoms with E-state index in [-0.39, 0.29) is 11.9 Å². The minimum atomic E-state index is -0.329. The van der Waals surface area contributed by atoms with Crippen LogP contribution in [-0.4, -0.2) is 11.9 Å². The van der Waals surface area contributed by atoms with Crippen LogP contribution in [0.4, 0.5) is 11.4 Å². The Labute approximate surface area is 153 Å². The Morgan fingerprint density at radius 1 is 0.769 bits per heavy atom. The summed E-state index contributed by atoms with van der Waals surface area (Å²) in [7, 11) is 0. The number of carbonyl (C=O) groups is 1. The molecule has 1 atom stereocenters. The van der Waals surface area contributed by atoms with Gasteiger partial charge in [-0.25, -0.2) is 0 Å². The van der Waals surface area contributed by atoms with Crippen LogP contribution in [0.1, 0.15) is 12.0 Å². The summed E-state index contributed by atoms with van der Waals surface area (Å²) < 4.78 is 0. The molecule has 0 spiro atoms. The maximum Gasteiger partial charge on any atom is 0.247 e. The van der Waals surface area contributed by atoms with Gasteiger partial charge in [-0.05, 0) is 24.1 Å². The molecule has 1 amide bonds. The zero-order valence-electron chi connectivity index (χ0n) is 14.4. The number of rotatable bonds is 3. The molecule has 1 aliphatic heterocycles. The van der Waals surface area contributed by atoms with Crippen LogP contribution in [0.5, 0.6) is 0 Å². The smallest absolute Gasteiger partial charge is 0.247 e. The molecule has 3 heteroatoms. The van der Waals surface area contributed by atoms with Gasteiger partial charge in [0.05, 0.1) is 0 Å². The molecule has 0 fully saturated rings. The van der Waals surface area contributed by atoms with E-state index in [2.05, 4.69) is 16.7 Å². The van der Waals surface area contributed by atoms with Gasteiger partial charge in [0.25, 0.3) is 0 Å². The number of carbonyl (C=O) groups excluding carboxylic acids is 1. The normalized spacial score (nSPS) is 16.0. The number of hydrogen-bond donors (Lipinski definition) is 2. The fourth-order valence-electron chi connectivity index (χ4n) is 3.21. The highest BCUT2D eigenvalue weighted by molar-refractivity contribution is 6.03. The van der Waals surface area contributed by atoms with Gasteiger partial charge in [-0.2, -0.15) is 0 Å². The topological polar surface area (TPSA) is 41.1 Å². The third kappa shape index (κ3) is 3.38. The van der Waals surface area contributed by atoms with E-state index >= 15 is 0 Å². The van der Waals surface area contributed by atoms with Gasteiger partial charge in [0, 0.05) is 22.5 Å². The van der Waals surface area contributed by atoms with Crippen LogP contribution in [-0.2, 0) is 4.79 Å². The second-order valence-corrected chi connectivity index (χ2v) is 6.33. The van der Waals surface area contributed by atoms with E-state index in [1.807, 2.05) is 84.9 Å². The fraction of sp³-hybridized carbons (Fsp3) is 0.0870. The number of hydrogen-bond acceptors (Lipinski definition) is 2. The zero-order chi connectivity index (χ0) is 17.8. The number of fused-ring (bicyclic) bond motifs is 3. The summed E-state index contributed by atoms with van der Waals surface area (Å²) >= 11 is 0. The lowest BCUT2D eigenvalue weighted by atomic mass is 9.98. The summed E-state index contributed by atoms with van der Waals surface area (Å²) in [6.07, 6.45) is 4.70. The number of nitrogens with one attached hydrogen (secondary N) is 2. The lowest BCUT2D eigenvalue weighted by Gasteiger charge is -2.25. The van der Waals surface area contributed by atoms with E-state index in [9.17, 15) is 4.79 Å². The number of anilines is 2. The average molecular weight is 340 g/mol. The van der Waals surface area contributed by atoms with Gasteiger partial charge in [0.15, 0.2) is 0 Å². The van der Waals surface area contributed by atoms with Gasteiger partial charge in [-0.1, -0.05) is 78.9 Å². The summed E-state index contributed by atoms with van der Waals surface area (Å²) in [5.74, 6) is -0.0235. The molecule has 128 valence electrons. The molecule has 3 aromatic rings. The summed E-state index contributed by atoms with van der Waals surface area (Å²) in [6, 6.07) is 25.8. The quantitative estimate of drug-likeness (QED) is 0.689. The van der Waals surface area contributed by atoms with Crippen LogP contribution in [0.3, 0.4) is 0 Å². The molecule has 0 aromatic heterocycles. The summed E-state index contributed by atoms with van der Waals surface area (Å²) in [5, 5.41) is 6.48.